The van der Waals surface area contributed by atoms with Crippen LogP contribution in [0.4, 0.5) is 0 Å². The quantitative estimate of drug-likeness (QED) is 0.418. The Balaban J connectivity index is 2.04. The summed E-state index contributed by atoms with van der Waals surface area (Å²) in [7, 11) is 1.70. The highest BCUT2D eigenvalue weighted by molar-refractivity contribution is 7.80. The number of nitrogens with one attached hydrogen (secondary N) is 3. The third-order valence-electron chi connectivity index (χ3n) is 1.71. The maximum Gasteiger partial charge on any atom is 0.238 e. The van der Waals surface area contributed by atoms with E-state index in [1.165, 1.54) is 12.8 Å². The molecule has 0 bridgehead atoms. The van der Waals surface area contributed by atoms with Crippen LogP contribution in [0.25, 0.3) is 0 Å². The third-order valence-corrected chi connectivity index (χ3v) is 2.02. The SMILES string of the molecule is CNC(=S)NNC(=O)CC1CC1. The van der Waals surface area contributed by atoms with E-state index in [1.807, 2.05) is 0 Å². The van der Waals surface area contributed by atoms with Crippen molar-refractivity contribution in [1.29, 1.82) is 0 Å². The fraction of sp³-hybridized carbons (Fsp3) is 0.714. The van der Waals surface area contributed by atoms with E-state index < -0.39 is 0 Å². The summed E-state index contributed by atoms with van der Waals surface area (Å²) in [5.41, 5.74) is 5.10. The van der Waals surface area contributed by atoms with Crippen LogP contribution in [0.2, 0.25) is 0 Å². The van der Waals surface area contributed by atoms with Gasteiger partial charge in [0.1, 0.15) is 0 Å². The molecule has 0 aromatic heterocycles. The van der Waals surface area contributed by atoms with Gasteiger partial charge in [0, 0.05) is 13.5 Å². The second kappa shape index (κ2) is 4.25. The summed E-state index contributed by atoms with van der Waals surface area (Å²) in [6.07, 6.45) is 2.98. The molecule has 1 aliphatic rings. The minimum Gasteiger partial charge on any atom is -0.364 e. The third kappa shape index (κ3) is 3.52. The van der Waals surface area contributed by atoms with Gasteiger partial charge in [-0.15, -0.1) is 0 Å². The summed E-state index contributed by atoms with van der Waals surface area (Å²) in [5, 5.41) is 3.12. The van der Waals surface area contributed by atoms with E-state index in [9.17, 15) is 4.79 Å². The van der Waals surface area contributed by atoms with Crippen LogP contribution >= 0.6 is 12.2 Å². The van der Waals surface area contributed by atoms with Crippen LogP contribution < -0.4 is 16.2 Å². The predicted molar refractivity (Wildman–Crippen MR) is 50.3 cm³/mol. The van der Waals surface area contributed by atoms with Crippen LogP contribution in [-0.2, 0) is 4.79 Å². The van der Waals surface area contributed by atoms with E-state index in [-0.39, 0.29) is 5.91 Å². The second-order valence-corrected chi connectivity index (χ2v) is 3.31. The average Bonchev–Trinajstić information content (AvgIpc) is 2.84. The lowest BCUT2D eigenvalue weighted by atomic mass is 10.3. The Bertz CT molecular complexity index is 191. The molecule has 1 amide bonds. The molecule has 0 aromatic carbocycles. The zero-order valence-electron chi connectivity index (χ0n) is 7.02. The van der Waals surface area contributed by atoms with Crippen molar-refractivity contribution in [3.63, 3.8) is 0 Å². The maximum absolute atomic E-state index is 11.1. The molecule has 0 heterocycles. The van der Waals surface area contributed by atoms with Crippen molar-refractivity contribution in [3.8, 4) is 0 Å². The van der Waals surface area contributed by atoms with E-state index in [0.29, 0.717) is 17.5 Å². The van der Waals surface area contributed by atoms with Crippen molar-refractivity contribution < 1.29 is 4.79 Å². The number of hydrogen-bond donors (Lipinski definition) is 3. The number of thiocarbonyl (C=S) groups is 1. The molecular weight excluding hydrogens is 174 g/mol. The van der Waals surface area contributed by atoms with E-state index in [4.69, 9.17) is 12.2 Å². The van der Waals surface area contributed by atoms with Crippen LogP contribution in [0.3, 0.4) is 0 Å². The van der Waals surface area contributed by atoms with Gasteiger partial charge in [-0.05, 0) is 31.0 Å². The monoisotopic (exact) mass is 187 g/mol. The van der Waals surface area contributed by atoms with Crippen LogP contribution in [0.5, 0.6) is 0 Å². The van der Waals surface area contributed by atoms with Gasteiger partial charge < -0.3 is 5.32 Å². The molecule has 4 nitrogen and oxygen atoms in total. The largest absolute Gasteiger partial charge is 0.364 e. The van der Waals surface area contributed by atoms with Crippen molar-refractivity contribution in [2.24, 2.45) is 5.92 Å². The number of hydrazine groups is 1. The first-order valence-electron chi connectivity index (χ1n) is 3.99. The highest BCUT2D eigenvalue weighted by atomic mass is 32.1. The normalized spacial score (nSPS) is 15.1. The van der Waals surface area contributed by atoms with Crippen molar-refractivity contribution in [1.82, 2.24) is 16.2 Å². The van der Waals surface area contributed by atoms with Gasteiger partial charge in [-0.1, -0.05) is 0 Å². The van der Waals surface area contributed by atoms with Gasteiger partial charge in [0.2, 0.25) is 5.91 Å². The first kappa shape index (κ1) is 9.25. The Morgan fingerprint density at radius 3 is 2.67 bits per heavy atom. The molecule has 0 aliphatic heterocycles. The molecule has 0 spiro atoms. The van der Waals surface area contributed by atoms with Crippen LogP contribution in [0, 0.1) is 5.92 Å². The molecule has 5 heteroatoms. The van der Waals surface area contributed by atoms with Gasteiger partial charge >= 0.3 is 0 Å². The van der Waals surface area contributed by atoms with E-state index >= 15 is 0 Å². The first-order valence-corrected chi connectivity index (χ1v) is 4.39. The molecule has 0 unspecified atom stereocenters. The fourth-order valence-electron chi connectivity index (χ4n) is 0.824. The number of carbonyl (C=O) groups excluding carboxylic acids is 1. The molecule has 0 radical (unpaired) electrons. The topological polar surface area (TPSA) is 53.2 Å². The zero-order valence-corrected chi connectivity index (χ0v) is 7.83. The molecule has 1 fully saturated rings. The predicted octanol–water partition coefficient (Wildman–Crippen LogP) is -0.0884. The standard InChI is InChI=1S/C7H13N3OS/c1-8-7(12)10-9-6(11)4-5-2-3-5/h5H,2-4H2,1H3,(H,9,11)(H2,8,10,12). The Hall–Kier alpha value is -0.840. The van der Waals surface area contributed by atoms with Crippen LogP contribution in [-0.4, -0.2) is 18.1 Å². The summed E-state index contributed by atoms with van der Waals surface area (Å²) in [6.45, 7) is 0. The lowest BCUT2D eigenvalue weighted by Gasteiger charge is -2.07. The molecular formula is C7H13N3OS. The molecule has 3 N–H and O–H groups in total. The zero-order chi connectivity index (χ0) is 8.97. The molecule has 1 saturated carbocycles. The molecule has 1 rings (SSSR count). The number of amides is 1. The van der Waals surface area contributed by atoms with Gasteiger partial charge in [0.05, 0.1) is 0 Å². The highest BCUT2D eigenvalue weighted by Gasteiger charge is 2.24. The summed E-state index contributed by atoms with van der Waals surface area (Å²) in [6, 6.07) is 0. The molecule has 0 atom stereocenters. The van der Waals surface area contributed by atoms with Gasteiger partial charge in [0.15, 0.2) is 5.11 Å². The fourth-order valence-corrected chi connectivity index (χ4v) is 0.875. The van der Waals surface area contributed by atoms with E-state index in [1.54, 1.807) is 7.05 Å². The molecule has 68 valence electrons. The highest BCUT2D eigenvalue weighted by Crippen LogP contribution is 2.31. The minimum absolute atomic E-state index is 0.00935. The lowest BCUT2D eigenvalue weighted by Crippen LogP contribution is -2.45. The Labute approximate surface area is 77.1 Å². The summed E-state index contributed by atoms with van der Waals surface area (Å²) in [5.74, 6) is 0.616. The molecule has 0 aromatic rings. The number of carbonyl (C=O) groups is 1. The summed E-state index contributed by atoms with van der Waals surface area (Å²) < 4.78 is 0. The van der Waals surface area contributed by atoms with E-state index in [2.05, 4.69) is 16.2 Å². The van der Waals surface area contributed by atoms with E-state index in [0.717, 1.165) is 0 Å². The van der Waals surface area contributed by atoms with Crippen molar-refractivity contribution in [3.05, 3.63) is 0 Å². The smallest absolute Gasteiger partial charge is 0.238 e. The lowest BCUT2D eigenvalue weighted by molar-refractivity contribution is -0.122. The summed E-state index contributed by atoms with van der Waals surface area (Å²) in [4.78, 5) is 11.1. The second-order valence-electron chi connectivity index (χ2n) is 2.90. The van der Waals surface area contributed by atoms with Crippen LogP contribution in [0.15, 0.2) is 0 Å². The minimum atomic E-state index is 0.00935. The van der Waals surface area contributed by atoms with Gasteiger partial charge in [-0.25, -0.2) is 0 Å². The molecule has 12 heavy (non-hydrogen) atoms. The average molecular weight is 187 g/mol. The number of rotatable bonds is 2. The van der Waals surface area contributed by atoms with Crippen molar-refractivity contribution in [2.75, 3.05) is 7.05 Å². The Morgan fingerprint density at radius 2 is 2.17 bits per heavy atom. The van der Waals surface area contributed by atoms with Crippen molar-refractivity contribution >= 4 is 23.2 Å². The summed E-state index contributed by atoms with van der Waals surface area (Å²) >= 11 is 4.77. The van der Waals surface area contributed by atoms with Gasteiger partial charge in [0.25, 0.3) is 0 Å². The van der Waals surface area contributed by atoms with Gasteiger partial charge in [-0.3, -0.25) is 15.6 Å². The Kier molecular flexibility index (Phi) is 3.28. The first-order chi connectivity index (χ1) is 5.72. The van der Waals surface area contributed by atoms with Crippen molar-refractivity contribution in [2.45, 2.75) is 19.3 Å². The van der Waals surface area contributed by atoms with Gasteiger partial charge in [-0.2, -0.15) is 0 Å². The number of hydrogen-bond acceptors (Lipinski definition) is 2. The van der Waals surface area contributed by atoms with Crippen LogP contribution in [0.1, 0.15) is 19.3 Å². The molecule has 1 aliphatic carbocycles. The maximum atomic E-state index is 11.1. The Morgan fingerprint density at radius 1 is 1.50 bits per heavy atom. The molecule has 0 saturated heterocycles.